The molecule has 0 aliphatic carbocycles. The Labute approximate surface area is 90.8 Å². The molecule has 4 nitrogen and oxygen atoms in total. The van der Waals surface area contributed by atoms with Crippen molar-refractivity contribution in [2.45, 2.75) is 6.42 Å². The first-order valence-electron chi connectivity index (χ1n) is 4.39. The summed E-state index contributed by atoms with van der Waals surface area (Å²) in [5, 5.41) is 1.87. The third kappa shape index (κ3) is 2.38. The van der Waals surface area contributed by atoms with Gasteiger partial charge in [0.1, 0.15) is 5.82 Å². The van der Waals surface area contributed by atoms with Crippen LogP contribution in [0, 0.1) is 0 Å². The van der Waals surface area contributed by atoms with Gasteiger partial charge in [0.2, 0.25) is 0 Å². The Morgan fingerprint density at radius 3 is 2.73 bits per heavy atom. The molecule has 2 heterocycles. The lowest BCUT2D eigenvalue weighted by atomic mass is 10.2. The monoisotopic (exact) mass is 219 g/mol. The van der Waals surface area contributed by atoms with Crippen molar-refractivity contribution in [3.8, 4) is 0 Å². The molecule has 2 N–H and O–H groups in total. The van der Waals surface area contributed by atoms with Crippen LogP contribution >= 0.6 is 11.3 Å². The summed E-state index contributed by atoms with van der Waals surface area (Å²) in [4.78, 5) is 20.3. The average Bonchev–Trinajstić information content (AvgIpc) is 2.74. The molecule has 15 heavy (non-hydrogen) atoms. The number of nitrogen functional groups attached to an aromatic ring is 1. The molecule has 0 saturated heterocycles. The first-order valence-corrected chi connectivity index (χ1v) is 5.27. The first kappa shape index (κ1) is 9.79. The van der Waals surface area contributed by atoms with Crippen LogP contribution in [-0.2, 0) is 6.42 Å². The number of hydrogen-bond acceptors (Lipinski definition) is 5. The Kier molecular flexibility index (Phi) is 2.73. The molecule has 0 unspecified atom stereocenters. The number of Topliss-reactive ketones (excluding diaryl/α,β-unsaturated/α-hetero) is 1. The molecular weight excluding hydrogens is 210 g/mol. The molecule has 0 atom stereocenters. The van der Waals surface area contributed by atoms with Crippen LogP contribution in [0.15, 0.2) is 29.9 Å². The second-order valence-electron chi connectivity index (χ2n) is 3.01. The van der Waals surface area contributed by atoms with Crippen LogP contribution in [0.25, 0.3) is 0 Å². The average molecular weight is 219 g/mol. The molecule has 2 aromatic rings. The maximum absolute atomic E-state index is 11.7. The second-order valence-corrected chi connectivity index (χ2v) is 3.96. The van der Waals surface area contributed by atoms with Gasteiger partial charge in [0.15, 0.2) is 5.78 Å². The minimum absolute atomic E-state index is 0.0368. The maximum atomic E-state index is 11.7. The van der Waals surface area contributed by atoms with Crippen molar-refractivity contribution < 1.29 is 4.79 Å². The fourth-order valence-electron chi connectivity index (χ4n) is 1.12. The van der Waals surface area contributed by atoms with E-state index in [1.165, 1.54) is 23.7 Å². The Hall–Kier alpha value is -1.75. The fourth-order valence-corrected chi connectivity index (χ4v) is 1.79. The molecular formula is C10H9N3OS. The van der Waals surface area contributed by atoms with Crippen LogP contribution in [0.5, 0.6) is 0 Å². The van der Waals surface area contributed by atoms with Gasteiger partial charge in [-0.3, -0.25) is 4.79 Å². The number of rotatable bonds is 3. The molecule has 76 valence electrons. The lowest BCUT2D eigenvalue weighted by molar-refractivity contribution is 0.0994. The molecule has 0 saturated carbocycles. The van der Waals surface area contributed by atoms with Crippen LogP contribution < -0.4 is 5.73 Å². The number of hydrogen-bond donors (Lipinski definition) is 1. The van der Waals surface area contributed by atoms with Crippen molar-refractivity contribution in [1.29, 1.82) is 0 Å². The molecule has 0 amide bonds. The van der Waals surface area contributed by atoms with Gasteiger partial charge in [-0.1, -0.05) is 6.07 Å². The standard InChI is InChI=1S/C10H9N3OS/c11-7-5-12-10(13-6-7)4-8(14)9-2-1-3-15-9/h1-3,5-6H,4,11H2. The molecule has 0 aliphatic heterocycles. The summed E-state index contributed by atoms with van der Waals surface area (Å²) < 4.78 is 0. The van der Waals surface area contributed by atoms with E-state index in [2.05, 4.69) is 9.97 Å². The number of anilines is 1. The topological polar surface area (TPSA) is 68.9 Å². The summed E-state index contributed by atoms with van der Waals surface area (Å²) in [5.41, 5.74) is 5.95. The predicted molar refractivity (Wildman–Crippen MR) is 58.8 cm³/mol. The SMILES string of the molecule is Nc1cnc(CC(=O)c2cccs2)nc1. The zero-order valence-electron chi connectivity index (χ0n) is 7.88. The molecule has 2 aromatic heterocycles. The highest BCUT2D eigenvalue weighted by atomic mass is 32.1. The van der Waals surface area contributed by atoms with E-state index in [1.54, 1.807) is 6.07 Å². The van der Waals surface area contributed by atoms with Gasteiger partial charge in [0.25, 0.3) is 0 Å². The van der Waals surface area contributed by atoms with Gasteiger partial charge in [-0.25, -0.2) is 9.97 Å². The van der Waals surface area contributed by atoms with Crippen molar-refractivity contribution in [2.75, 3.05) is 5.73 Å². The maximum Gasteiger partial charge on any atom is 0.180 e. The number of thiophene rings is 1. The summed E-state index contributed by atoms with van der Waals surface area (Å²) in [5.74, 6) is 0.539. The summed E-state index contributed by atoms with van der Waals surface area (Å²) >= 11 is 1.42. The lowest BCUT2D eigenvalue weighted by Gasteiger charge is -1.97. The minimum Gasteiger partial charge on any atom is -0.396 e. The molecule has 2 rings (SSSR count). The Morgan fingerprint density at radius 1 is 1.40 bits per heavy atom. The second kappa shape index (κ2) is 4.18. The van der Waals surface area contributed by atoms with E-state index in [0.29, 0.717) is 11.5 Å². The molecule has 5 heteroatoms. The van der Waals surface area contributed by atoms with E-state index >= 15 is 0 Å². The Balaban J connectivity index is 2.09. The summed E-state index contributed by atoms with van der Waals surface area (Å²) in [7, 11) is 0. The van der Waals surface area contributed by atoms with Gasteiger partial charge in [-0.15, -0.1) is 11.3 Å². The fraction of sp³-hybridized carbons (Fsp3) is 0.100. The number of nitrogens with zero attached hydrogens (tertiary/aromatic N) is 2. The Bertz CT molecular complexity index is 450. The van der Waals surface area contributed by atoms with E-state index in [9.17, 15) is 4.79 Å². The number of carbonyl (C=O) groups excluding carboxylic acids is 1. The largest absolute Gasteiger partial charge is 0.396 e. The molecule has 0 spiro atoms. The van der Waals surface area contributed by atoms with Crippen LogP contribution in [0.4, 0.5) is 5.69 Å². The van der Waals surface area contributed by atoms with Crippen LogP contribution in [0.3, 0.4) is 0 Å². The van der Waals surface area contributed by atoms with Crippen molar-refractivity contribution in [1.82, 2.24) is 9.97 Å². The zero-order valence-corrected chi connectivity index (χ0v) is 8.70. The van der Waals surface area contributed by atoms with Crippen molar-refractivity contribution in [2.24, 2.45) is 0 Å². The van der Waals surface area contributed by atoms with Crippen LogP contribution in [0.2, 0.25) is 0 Å². The van der Waals surface area contributed by atoms with Gasteiger partial charge < -0.3 is 5.73 Å². The van der Waals surface area contributed by atoms with E-state index < -0.39 is 0 Å². The summed E-state index contributed by atoms with van der Waals surface area (Å²) in [6, 6.07) is 3.64. The van der Waals surface area contributed by atoms with Crippen LogP contribution in [-0.4, -0.2) is 15.8 Å². The third-order valence-corrected chi connectivity index (χ3v) is 2.75. The van der Waals surface area contributed by atoms with Crippen LogP contribution in [0.1, 0.15) is 15.5 Å². The molecule has 0 fully saturated rings. The van der Waals surface area contributed by atoms with E-state index in [-0.39, 0.29) is 12.2 Å². The highest BCUT2D eigenvalue weighted by Crippen LogP contribution is 2.11. The van der Waals surface area contributed by atoms with E-state index in [4.69, 9.17) is 5.73 Å². The van der Waals surface area contributed by atoms with Gasteiger partial charge >= 0.3 is 0 Å². The van der Waals surface area contributed by atoms with Gasteiger partial charge in [-0.2, -0.15) is 0 Å². The third-order valence-electron chi connectivity index (χ3n) is 1.84. The van der Waals surface area contributed by atoms with Crippen molar-refractivity contribution in [3.05, 3.63) is 40.6 Å². The number of nitrogens with two attached hydrogens (primary N) is 1. The number of carbonyl (C=O) groups is 1. The van der Waals surface area contributed by atoms with Gasteiger partial charge in [-0.05, 0) is 11.4 Å². The van der Waals surface area contributed by atoms with Gasteiger partial charge in [0.05, 0.1) is 29.4 Å². The number of ketones is 1. The first-order chi connectivity index (χ1) is 7.25. The van der Waals surface area contributed by atoms with E-state index in [0.717, 1.165) is 4.88 Å². The predicted octanol–water partition coefficient (Wildman–Crippen LogP) is 1.55. The van der Waals surface area contributed by atoms with E-state index in [1.807, 2.05) is 11.4 Å². The summed E-state index contributed by atoms with van der Waals surface area (Å²) in [6.07, 6.45) is 3.23. The smallest absolute Gasteiger partial charge is 0.180 e. The zero-order chi connectivity index (χ0) is 10.7. The Morgan fingerprint density at radius 2 is 2.13 bits per heavy atom. The molecule has 0 aliphatic rings. The molecule has 0 bridgehead atoms. The normalized spacial score (nSPS) is 10.1. The van der Waals surface area contributed by atoms with Gasteiger partial charge in [0, 0.05) is 0 Å². The van der Waals surface area contributed by atoms with Crippen molar-refractivity contribution in [3.63, 3.8) is 0 Å². The summed E-state index contributed by atoms with van der Waals surface area (Å²) in [6.45, 7) is 0. The lowest BCUT2D eigenvalue weighted by Crippen LogP contribution is -2.05. The molecule has 0 aromatic carbocycles. The number of aromatic nitrogens is 2. The molecule has 0 radical (unpaired) electrons. The quantitative estimate of drug-likeness (QED) is 0.795. The highest BCUT2D eigenvalue weighted by molar-refractivity contribution is 7.12. The highest BCUT2D eigenvalue weighted by Gasteiger charge is 2.09. The van der Waals surface area contributed by atoms with Crippen molar-refractivity contribution >= 4 is 22.8 Å². The minimum atomic E-state index is 0.0368.